The van der Waals surface area contributed by atoms with Crippen LogP contribution in [0.1, 0.15) is 43.2 Å². The van der Waals surface area contributed by atoms with Crippen LogP contribution in [0.2, 0.25) is 0 Å². The molecule has 1 saturated carbocycles. The lowest BCUT2D eigenvalue weighted by Crippen LogP contribution is -2.32. The Balaban J connectivity index is 2.19. The van der Waals surface area contributed by atoms with Crippen LogP contribution in [0.5, 0.6) is 0 Å². The van der Waals surface area contributed by atoms with Crippen molar-refractivity contribution in [2.45, 2.75) is 51.6 Å². The summed E-state index contributed by atoms with van der Waals surface area (Å²) >= 11 is 0. The van der Waals surface area contributed by atoms with E-state index in [9.17, 15) is 5.11 Å². The van der Waals surface area contributed by atoms with E-state index in [0.717, 1.165) is 31.4 Å². The molecule has 0 atom stereocenters. The van der Waals surface area contributed by atoms with Crippen LogP contribution in [0.15, 0.2) is 23.2 Å². The first-order valence-corrected chi connectivity index (χ1v) is 6.45. The molecule has 0 aliphatic heterocycles. The lowest BCUT2D eigenvalue weighted by molar-refractivity contribution is 0.0759. The SMILES string of the molecule is Cc1cccc(C)c1N=CC1(O)CCCCC1. The van der Waals surface area contributed by atoms with E-state index in [0.29, 0.717) is 0 Å². The molecule has 0 amide bonds. The summed E-state index contributed by atoms with van der Waals surface area (Å²) in [5.74, 6) is 0. The molecule has 0 heterocycles. The third-order valence-corrected chi connectivity index (χ3v) is 3.59. The van der Waals surface area contributed by atoms with Crippen molar-refractivity contribution in [2.24, 2.45) is 4.99 Å². The van der Waals surface area contributed by atoms with Gasteiger partial charge in [-0.3, -0.25) is 4.99 Å². The van der Waals surface area contributed by atoms with Crippen molar-refractivity contribution >= 4 is 11.9 Å². The minimum atomic E-state index is -0.674. The molecule has 0 radical (unpaired) electrons. The molecule has 0 aromatic heterocycles. The Labute approximate surface area is 103 Å². The first-order chi connectivity index (χ1) is 8.11. The maximum Gasteiger partial charge on any atom is 0.0997 e. The maximum absolute atomic E-state index is 10.4. The van der Waals surface area contributed by atoms with Gasteiger partial charge in [-0.25, -0.2) is 0 Å². The molecule has 1 aliphatic rings. The van der Waals surface area contributed by atoms with E-state index in [4.69, 9.17) is 0 Å². The first kappa shape index (κ1) is 12.3. The number of hydrogen-bond acceptors (Lipinski definition) is 2. The summed E-state index contributed by atoms with van der Waals surface area (Å²) in [4.78, 5) is 4.53. The molecule has 1 aromatic carbocycles. The number of benzene rings is 1. The van der Waals surface area contributed by atoms with Gasteiger partial charge in [0.1, 0.15) is 0 Å². The average Bonchev–Trinajstić information content (AvgIpc) is 2.29. The number of hydrogen-bond donors (Lipinski definition) is 1. The van der Waals surface area contributed by atoms with Crippen molar-refractivity contribution in [3.63, 3.8) is 0 Å². The molecule has 0 bridgehead atoms. The first-order valence-electron chi connectivity index (χ1n) is 6.45. The second-order valence-electron chi connectivity index (χ2n) is 5.16. The monoisotopic (exact) mass is 231 g/mol. The summed E-state index contributed by atoms with van der Waals surface area (Å²) in [6.07, 6.45) is 6.91. The van der Waals surface area contributed by atoms with Crippen molar-refractivity contribution in [2.75, 3.05) is 0 Å². The number of para-hydroxylation sites is 1. The second-order valence-corrected chi connectivity index (χ2v) is 5.16. The van der Waals surface area contributed by atoms with Gasteiger partial charge in [0.15, 0.2) is 0 Å². The van der Waals surface area contributed by atoms with Gasteiger partial charge < -0.3 is 5.11 Å². The Morgan fingerprint density at radius 3 is 2.29 bits per heavy atom. The Morgan fingerprint density at radius 2 is 1.71 bits per heavy atom. The molecular weight excluding hydrogens is 210 g/mol. The maximum atomic E-state index is 10.4. The van der Waals surface area contributed by atoms with Crippen LogP contribution in [0.3, 0.4) is 0 Å². The third-order valence-electron chi connectivity index (χ3n) is 3.59. The number of aliphatic hydroxyl groups is 1. The summed E-state index contributed by atoms with van der Waals surface area (Å²) in [7, 11) is 0. The minimum Gasteiger partial charge on any atom is -0.384 e. The highest BCUT2D eigenvalue weighted by molar-refractivity contribution is 5.73. The normalized spacial score (nSPS) is 19.7. The summed E-state index contributed by atoms with van der Waals surface area (Å²) in [5.41, 5.74) is 2.67. The molecule has 0 saturated heterocycles. The highest BCUT2D eigenvalue weighted by Gasteiger charge is 2.26. The lowest BCUT2D eigenvalue weighted by atomic mass is 9.86. The van der Waals surface area contributed by atoms with Crippen LogP contribution in [-0.4, -0.2) is 16.9 Å². The molecule has 1 fully saturated rings. The van der Waals surface area contributed by atoms with Gasteiger partial charge in [-0.15, -0.1) is 0 Å². The van der Waals surface area contributed by atoms with Crippen LogP contribution in [0, 0.1) is 13.8 Å². The fourth-order valence-corrected chi connectivity index (χ4v) is 2.49. The smallest absolute Gasteiger partial charge is 0.0997 e. The van der Waals surface area contributed by atoms with Crippen LogP contribution in [0.25, 0.3) is 0 Å². The van der Waals surface area contributed by atoms with Crippen LogP contribution < -0.4 is 0 Å². The summed E-state index contributed by atoms with van der Waals surface area (Å²) in [5, 5.41) is 10.4. The van der Waals surface area contributed by atoms with Gasteiger partial charge >= 0.3 is 0 Å². The van der Waals surface area contributed by atoms with Gasteiger partial charge in [0.25, 0.3) is 0 Å². The van der Waals surface area contributed by atoms with E-state index in [1.54, 1.807) is 6.21 Å². The molecule has 2 nitrogen and oxygen atoms in total. The molecular formula is C15H21NO. The van der Waals surface area contributed by atoms with Gasteiger partial charge in [0, 0.05) is 6.21 Å². The third kappa shape index (κ3) is 2.95. The van der Waals surface area contributed by atoms with Gasteiger partial charge in [-0.1, -0.05) is 37.5 Å². The highest BCUT2D eigenvalue weighted by Crippen LogP contribution is 2.28. The zero-order valence-electron chi connectivity index (χ0n) is 10.7. The van der Waals surface area contributed by atoms with E-state index < -0.39 is 5.60 Å². The fraction of sp³-hybridized carbons (Fsp3) is 0.533. The van der Waals surface area contributed by atoms with Gasteiger partial charge in [-0.05, 0) is 37.8 Å². The molecule has 1 aromatic rings. The summed E-state index contributed by atoms with van der Waals surface area (Å²) < 4.78 is 0. The van der Waals surface area contributed by atoms with E-state index in [1.165, 1.54) is 17.5 Å². The fourth-order valence-electron chi connectivity index (χ4n) is 2.49. The topological polar surface area (TPSA) is 32.6 Å². The van der Waals surface area contributed by atoms with Crippen molar-refractivity contribution in [3.05, 3.63) is 29.3 Å². The number of nitrogens with zero attached hydrogens (tertiary/aromatic N) is 1. The van der Waals surface area contributed by atoms with Gasteiger partial charge in [0.2, 0.25) is 0 Å². The Hall–Kier alpha value is -1.15. The van der Waals surface area contributed by atoms with Crippen LogP contribution in [0.4, 0.5) is 5.69 Å². The van der Waals surface area contributed by atoms with Crippen LogP contribution in [-0.2, 0) is 0 Å². The van der Waals surface area contributed by atoms with Gasteiger partial charge in [0.05, 0.1) is 11.3 Å². The van der Waals surface area contributed by atoms with Crippen molar-refractivity contribution in [1.29, 1.82) is 0 Å². The zero-order valence-corrected chi connectivity index (χ0v) is 10.7. The number of rotatable bonds is 2. The van der Waals surface area contributed by atoms with Crippen LogP contribution >= 0.6 is 0 Å². The molecule has 92 valence electrons. The second kappa shape index (κ2) is 5.01. The largest absolute Gasteiger partial charge is 0.384 e. The molecule has 0 unspecified atom stereocenters. The highest BCUT2D eigenvalue weighted by atomic mass is 16.3. The minimum absolute atomic E-state index is 0.674. The van der Waals surface area contributed by atoms with Crippen molar-refractivity contribution < 1.29 is 5.11 Å². The van der Waals surface area contributed by atoms with E-state index in [-0.39, 0.29) is 0 Å². The Kier molecular flexibility index (Phi) is 3.63. The molecule has 0 spiro atoms. The molecule has 2 heteroatoms. The Morgan fingerprint density at radius 1 is 1.12 bits per heavy atom. The molecule has 1 N–H and O–H groups in total. The number of aryl methyl sites for hydroxylation is 2. The molecule has 17 heavy (non-hydrogen) atoms. The molecule has 1 aliphatic carbocycles. The van der Waals surface area contributed by atoms with Crippen molar-refractivity contribution in [1.82, 2.24) is 0 Å². The number of aliphatic imine (C=N–C) groups is 1. The van der Waals surface area contributed by atoms with E-state index >= 15 is 0 Å². The predicted octanol–water partition coefficient (Wildman–Crippen LogP) is 3.70. The van der Waals surface area contributed by atoms with E-state index in [2.05, 4.69) is 31.0 Å². The average molecular weight is 231 g/mol. The quantitative estimate of drug-likeness (QED) is 0.773. The molecule has 2 rings (SSSR count). The summed E-state index contributed by atoms with van der Waals surface area (Å²) in [6.45, 7) is 4.12. The van der Waals surface area contributed by atoms with Gasteiger partial charge in [-0.2, -0.15) is 0 Å². The summed E-state index contributed by atoms with van der Waals surface area (Å²) in [6, 6.07) is 6.16. The lowest BCUT2D eigenvalue weighted by Gasteiger charge is -2.28. The predicted molar refractivity (Wildman–Crippen MR) is 72.1 cm³/mol. The van der Waals surface area contributed by atoms with E-state index in [1.807, 2.05) is 6.07 Å². The van der Waals surface area contributed by atoms with Crippen molar-refractivity contribution in [3.8, 4) is 0 Å². The zero-order chi connectivity index (χ0) is 12.3. The Bertz CT molecular complexity index is 397. The standard InChI is InChI=1S/C15H21NO/c1-12-7-6-8-13(2)14(12)16-11-15(17)9-4-3-5-10-15/h6-8,11,17H,3-5,9-10H2,1-2H3.